The number of aryl methyl sites for hydroxylation is 1. The lowest BCUT2D eigenvalue weighted by molar-refractivity contribution is 0.572. The predicted octanol–water partition coefficient (Wildman–Crippen LogP) is 3.50. The average molecular weight is 303 g/mol. The highest BCUT2D eigenvalue weighted by molar-refractivity contribution is 5.92. The minimum atomic E-state index is -0.582. The molecule has 2 aromatic rings. The van der Waals surface area contributed by atoms with Crippen molar-refractivity contribution in [2.45, 2.75) is 19.8 Å². The van der Waals surface area contributed by atoms with E-state index in [4.69, 9.17) is 5.73 Å². The van der Waals surface area contributed by atoms with E-state index in [1.54, 1.807) is 0 Å². The van der Waals surface area contributed by atoms with Gasteiger partial charge >= 0.3 is 0 Å². The monoisotopic (exact) mass is 303 g/mol. The molecule has 116 valence electrons. The number of guanidine groups is 1. The molecule has 0 fully saturated rings. The lowest BCUT2D eigenvalue weighted by Gasteiger charge is -2.07. The number of nitrogens with two attached hydrogens (primary N) is 1. The fourth-order valence-corrected chi connectivity index (χ4v) is 2.03. The first kappa shape index (κ1) is 15.9. The van der Waals surface area contributed by atoms with E-state index in [0.717, 1.165) is 18.2 Å². The maximum Gasteiger partial charge on any atom is 0.193 e. The Morgan fingerprint density at radius 1 is 1.14 bits per heavy atom. The second kappa shape index (κ2) is 7.54. The van der Waals surface area contributed by atoms with Gasteiger partial charge in [-0.05, 0) is 42.2 Å². The summed E-state index contributed by atoms with van der Waals surface area (Å²) in [4.78, 5) is 4.14. The second-order valence-electron chi connectivity index (χ2n) is 4.93. The number of nitrogens with one attached hydrogen (secondary N) is 1. The molecule has 5 heteroatoms. The molecule has 0 bridgehead atoms. The van der Waals surface area contributed by atoms with Crippen LogP contribution in [0.3, 0.4) is 0 Å². The largest absolute Gasteiger partial charge is 0.370 e. The van der Waals surface area contributed by atoms with E-state index in [1.807, 2.05) is 24.3 Å². The third-order valence-electron chi connectivity index (χ3n) is 3.31. The van der Waals surface area contributed by atoms with E-state index >= 15 is 0 Å². The lowest BCUT2D eigenvalue weighted by Crippen LogP contribution is -2.23. The molecule has 0 unspecified atom stereocenters. The third kappa shape index (κ3) is 4.55. The average Bonchev–Trinajstić information content (AvgIpc) is 2.50. The minimum absolute atomic E-state index is 0.270. The quantitative estimate of drug-likeness (QED) is 0.656. The zero-order valence-corrected chi connectivity index (χ0v) is 12.4. The molecule has 0 spiro atoms. The summed E-state index contributed by atoms with van der Waals surface area (Å²) < 4.78 is 26.3. The summed E-state index contributed by atoms with van der Waals surface area (Å²) in [6.07, 6.45) is 1.34. The van der Waals surface area contributed by atoms with E-state index in [0.29, 0.717) is 18.5 Å². The minimum Gasteiger partial charge on any atom is -0.370 e. The molecule has 2 aromatic carbocycles. The molecule has 0 aliphatic heterocycles. The van der Waals surface area contributed by atoms with Crippen molar-refractivity contribution < 1.29 is 8.78 Å². The highest BCUT2D eigenvalue weighted by Crippen LogP contribution is 2.11. The molecular formula is C17H19F2N3. The zero-order valence-electron chi connectivity index (χ0n) is 12.4. The van der Waals surface area contributed by atoms with Gasteiger partial charge in [0.15, 0.2) is 5.96 Å². The Kier molecular flexibility index (Phi) is 5.47. The van der Waals surface area contributed by atoms with Gasteiger partial charge in [0.2, 0.25) is 0 Å². The van der Waals surface area contributed by atoms with E-state index < -0.39 is 11.6 Å². The number of hydrogen-bond acceptors (Lipinski definition) is 1. The highest BCUT2D eigenvalue weighted by Gasteiger charge is 2.03. The molecule has 0 aromatic heterocycles. The number of halogens is 2. The maximum absolute atomic E-state index is 13.5. The van der Waals surface area contributed by atoms with Gasteiger partial charge in [-0.25, -0.2) is 8.78 Å². The summed E-state index contributed by atoms with van der Waals surface area (Å²) in [5, 5.41) is 2.98. The van der Waals surface area contributed by atoms with Crippen LogP contribution >= 0.6 is 0 Å². The molecule has 0 heterocycles. The van der Waals surface area contributed by atoms with Crippen LogP contribution < -0.4 is 11.1 Å². The van der Waals surface area contributed by atoms with Crippen molar-refractivity contribution >= 4 is 11.6 Å². The van der Waals surface area contributed by atoms with Crippen molar-refractivity contribution in [3.63, 3.8) is 0 Å². The highest BCUT2D eigenvalue weighted by atomic mass is 19.1. The Hall–Kier alpha value is -2.43. The first-order valence-corrected chi connectivity index (χ1v) is 7.18. The Bertz CT molecular complexity index is 651. The van der Waals surface area contributed by atoms with Gasteiger partial charge in [0.1, 0.15) is 11.6 Å². The molecule has 0 amide bonds. The molecule has 0 atom stereocenters. The molecule has 2 rings (SSSR count). The smallest absolute Gasteiger partial charge is 0.193 e. The van der Waals surface area contributed by atoms with Crippen molar-refractivity contribution in [2.75, 3.05) is 11.9 Å². The SMILES string of the molecule is CCc1ccc(NC(N)=NCCc2ccc(F)cc2F)cc1. The van der Waals surface area contributed by atoms with Crippen LogP contribution in [-0.4, -0.2) is 12.5 Å². The fourth-order valence-electron chi connectivity index (χ4n) is 2.03. The number of nitrogens with zero attached hydrogens (tertiary/aromatic N) is 1. The van der Waals surface area contributed by atoms with Crippen LogP contribution in [0.1, 0.15) is 18.1 Å². The first-order chi connectivity index (χ1) is 10.6. The van der Waals surface area contributed by atoms with Gasteiger partial charge in [-0.15, -0.1) is 0 Å². The molecular weight excluding hydrogens is 284 g/mol. The van der Waals surface area contributed by atoms with Crippen LogP contribution in [0.4, 0.5) is 14.5 Å². The van der Waals surface area contributed by atoms with Crippen LogP contribution in [0, 0.1) is 11.6 Å². The molecule has 3 nitrogen and oxygen atoms in total. The van der Waals surface area contributed by atoms with E-state index in [1.165, 1.54) is 17.7 Å². The van der Waals surface area contributed by atoms with Crippen LogP contribution in [0.25, 0.3) is 0 Å². The van der Waals surface area contributed by atoms with Crippen molar-refractivity contribution in [3.8, 4) is 0 Å². The van der Waals surface area contributed by atoms with Crippen molar-refractivity contribution in [1.29, 1.82) is 0 Å². The zero-order chi connectivity index (χ0) is 15.9. The molecule has 3 N–H and O–H groups in total. The van der Waals surface area contributed by atoms with Gasteiger partial charge in [-0.2, -0.15) is 0 Å². The van der Waals surface area contributed by atoms with Crippen LogP contribution in [0.2, 0.25) is 0 Å². The van der Waals surface area contributed by atoms with E-state index in [9.17, 15) is 8.78 Å². The van der Waals surface area contributed by atoms with Crippen LogP contribution in [-0.2, 0) is 12.8 Å². The van der Waals surface area contributed by atoms with Gasteiger partial charge in [0.25, 0.3) is 0 Å². The number of hydrogen-bond donors (Lipinski definition) is 2. The van der Waals surface area contributed by atoms with Gasteiger partial charge in [0, 0.05) is 18.3 Å². The maximum atomic E-state index is 13.5. The fraction of sp³-hybridized carbons (Fsp3) is 0.235. The Morgan fingerprint density at radius 3 is 2.50 bits per heavy atom. The van der Waals surface area contributed by atoms with Gasteiger partial charge < -0.3 is 11.1 Å². The topological polar surface area (TPSA) is 50.4 Å². The Labute approximate surface area is 128 Å². The van der Waals surface area contributed by atoms with Crippen molar-refractivity contribution in [3.05, 3.63) is 65.2 Å². The van der Waals surface area contributed by atoms with E-state index in [2.05, 4.69) is 17.2 Å². The third-order valence-corrected chi connectivity index (χ3v) is 3.31. The number of anilines is 1. The van der Waals surface area contributed by atoms with Crippen molar-refractivity contribution in [1.82, 2.24) is 0 Å². The first-order valence-electron chi connectivity index (χ1n) is 7.18. The molecule has 0 saturated carbocycles. The summed E-state index contributed by atoms with van der Waals surface area (Å²) >= 11 is 0. The van der Waals surface area contributed by atoms with Crippen molar-refractivity contribution in [2.24, 2.45) is 10.7 Å². The second-order valence-corrected chi connectivity index (χ2v) is 4.93. The Morgan fingerprint density at radius 2 is 1.86 bits per heavy atom. The standard InChI is InChI=1S/C17H19F2N3/c1-2-12-3-7-15(8-4-12)22-17(20)21-10-9-13-5-6-14(18)11-16(13)19/h3-8,11H,2,9-10H2,1H3,(H3,20,21,22). The van der Waals surface area contributed by atoms with Gasteiger partial charge in [-0.1, -0.05) is 25.1 Å². The van der Waals surface area contributed by atoms with Gasteiger partial charge in [0.05, 0.1) is 0 Å². The normalized spacial score (nSPS) is 11.5. The predicted molar refractivity (Wildman–Crippen MR) is 86.0 cm³/mol. The molecule has 0 aliphatic carbocycles. The molecule has 0 saturated heterocycles. The van der Waals surface area contributed by atoms with Gasteiger partial charge in [-0.3, -0.25) is 4.99 Å². The van der Waals surface area contributed by atoms with E-state index in [-0.39, 0.29) is 5.96 Å². The van der Waals surface area contributed by atoms with Crippen LogP contribution in [0.15, 0.2) is 47.5 Å². The molecule has 22 heavy (non-hydrogen) atoms. The summed E-state index contributed by atoms with van der Waals surface area (Å²) in [5.74, 6) is -0.870. The van der Waals surface area contributed by atoms with Crippen LogP contribution in [0.5, 0.6) is 0 Å². The molecule has 0 aliphatic rings. The number of rotatable bonds is 5. The Balaban J connectivity index is 1.89. The summed E-state index contributed by atoms with van der Waals surface area (Å²) in [5.41, 5.74) is 8.31. The lowest BCUT2D eigenvalue weighted by atomic mass is 10.1. The molecule has 0 radical (unpaired) electrons. The number of benzene rings is 2. The number of aliphatic imine (C=N–C) groups is 1. The summed E-state index contributed by atoms with van der Waals surface area (Å²) in [6, 6.07) is 11.4. The summed E-state index contributed by atoms with van der Waals surface area (Å²) in [6.45, 7) is 2.42. The summed E-state index contributed by atoms with van der Waals surface area (Å²) in [7, 11) is 0.